The Morgan fingerprint density at radius 2 is 1.61 bits per heavy atom. The first-order chi connectivity index (χ1) is 10.9. The van der Waals surface area contributed by atoms with Gasteiger partial charge in [-0.2, -0.15) is 17.0 Å². The van der Waals surface area contributed by atoms with Crippen LogP contribution in [0.1, 0.15) is 57.8 Å². The minimum atomic E-state index is -3.42. The van der Waals surface area contributed by atoms with Crippen LogP contribution in [0.15, 0.2) is 0 Å². The predicted molar refractivity (Wildman–Crippen MR) is 91.2 cm³/mol. The van der Waals surface area contributed by atoms with Gasteiger partial charge in [0.15, 0.2) is 0 Å². The molecule has 6 nitrogen and oxygen atoms in total. The lowest BCUT2D eigenvalue weighted by atomic mass is 9.94. The molecule has 0 unspecified atom stereocenters. The third-order valence-corrected chi connectivity index (χ3v) is 6.90. The molecule has 1 aliphatic heterocycles. The predicted octanol–water partition coefficient (Wildman–Crippen LogP) is 1.73. The van der Waals surface area contributed by atoms with E-state index >= 15 is 0 Å². The molecule has 2 rings (SSSR count). The van der Waals surface area contributed by atoms with Crippen LogP contribution in [-0.4, -0.2) is 56.2 Å². The van der Waals surface area contributed by atoms with E-state index in [-0.39, 0.29) is 17.9 Å². The van der Waals surface area contributed by atoms with Crippen LogP contribution < -0.4 is 5.32 Å². The second kappa shape index (κ2) is 8.44. The monoisotopic (exact) mass is 345 g/mol. The van der Waals surface area contributed by atoms with Crippen LogP contribution >= 0.6 is 0 Å². The normalized spacial score (nSPS) is 25.8. The van der Waals surface area contributed by atoms with E-state index in [0.29, 0.717) is 13.1 Å². The lowest BCUT2D eigenvalue weighted by molar-refractivity contribution is -0.127. The Morgan fingerprint density at radius 1 is 1.00 bits per heavy atom. The zero-order chi connectivity index (χ0) is 16.9. The number of nitrogens with zero attached hydrogens (tertiary/aromatic N) is 2. The summed E-state index contributed by atoms with van der Waals surface area (Å²) < 4.78 is 27.2. The SMILES string of the molecule is CN(C)S(=O)(=O)N1CCC[C@H](C(=O)NC2CCCCCCC2)C1. The summed E-state index contributed by atoms with van der Waals surface area (Å²) >= 11 is 0. The fraction of sp³-hybridized carbons (Fsp3) is 0.938. The van der Waals surface area contributed by atoms with E-state index in [2.05, 4.69) is 5.32 Å². The summed E-state index contributed by atoms with van der Waals surface area (Å²) in [6.45, 7) is 0.812. The number of amides is 1. The Balaban J connectivity index is 1.91. The highest BCUT2D eigenvalue weighted by atomic mass is 32.2. The van der Waals surface area contributed by atoms with Crippen molar-refractivity contribution in [3.8, 4) is 0 Å². The van der Waals surface area contributed by atoms with Crippen molar-refractivity contribution in [3.05, 3.63) is 0 Å². The van der Waals surface area contributed by atoms with Crippen LogP contribution in [0.4, 0.5) is 0 Å². The molecule has 2 fully saturated rings. The summed E-state index contributed by atoms with van der Waals surface area (Å²) in [5, 5.41) is 3.18. The van der Waals surface area contributed by atoms with E-state index in [0.717, 1.165) is 25.7 Å². The molecule has 1 N–H and O–H groups in total. The molecular formula is C16H31N3O3S. The van der Waals surface area contributed by atoms with E-state index in [9.17, 15) is 13.2 Å². The first-order valence-corrected chi connectivity index (χ1v) is 10.3. The number of piperidine rings is 1. The van der Waals surface area contributed by atoms with E-state index in [1.54, 1.807) is 0 Å². The number of carbonyl (C=O) groups is 1. The van der Waals surface area contributed by atoms with Crippen LogP contribution in [0, 0.1) is 5.92 Å². The molecule has 7 heteroatoms. The molecule has 0 bridgehead atoms. The third kappa shape index (κ3) is 5.16. The Bertz CT molecular complexity index is 485. The maximum Gasteiger partial charge on any atom is 0.281 e. The van der Waals surface area contributed by atoms with E-state index in [1.807, 2.05) is 0 Å². The fourth-order valence-electron chi connectivity index (χ4n) is 3.52. The first-order valence-electron chi connectivity index (χ1n) is 8.89. The van der Waals surface area contributed by atoms with Gasteiger partial charge >= 0.3 is 0 Å². The lowest BCUT2D eigenvalue weighted by Gasteiger charge is -2.33. The van der Waals surface area contributed by atoms with Crippen molar-refractivity contribution in [1.29, 1.82) is 0 Å². The van der Waals surface area contributed by atoms with Crippen molar-refractivity contribution in [2.45, 2.75) is 63.8 Å². The van der Waals surface area contributed by atoms with Crippen molar-refractivity contribution < 1.29 is 13.2 Å². The van der Waals surface area contributed by atoms with Crippen molar-refractivity contribution in [3.63, 3.8) is 0 Å². The molecule has 1 saturated heterocycles. The highest BCUT2D eigenvalue weighted by Gasteiger charge is 2.34. The van der Waals surface area contributed by atoms with Gasteiger partial charge in [0.05, 0.1) is 5.92 Å². The summed E-state index contributed by atoms with van der Waals surface area (Å²) in [4.78, 5) is 12.6. The van der Waals surface area contributed by atoms with E-state index < -0.39 is 10.2 Å². The standard InChI is InChI=1S/C16H31N3O3S/c1-18(2)23(21,22)19-12-8-9-14(13-19)16(20)17-15-10-6-4-3-5-7-11-15/h14-15H,3-13H2,1-2H3,(H,17,20)/t14-/m0/s1. The highest BCUT2D eigenvalue weighted by molar-refractivity contribution is 7.86. The molecule has 0 aromatic heterocycles. The lowest BCUT2D eigenvalue weighted by Crippen LogP contribution is -2.50. The summed E-state index contributed by atoms with van der Waals surface area (Å²) in [5.74, 6) is -0.182. The number of nitrogens with one attached hydrogen (secondary N) is 1. The molecule has 134 valence electrons. The first kappa shape index (κ1) is 18.7. The molecule has 1 aliphatic carbocycles. The maximum absolute atomic E-state index is 12.6. The zero-order valence-electron chi connectivity index (χ0n) is 14.5. The van der Waals surface area contributed by atoms with Crippen molar-refractivity contribution in [1.82, 2.24) is 13.9 Å². The second-order valence-electron chi connectivity index (χ2n) is 7.04. The van der Waals surface area contributed by atoms with Crippen LogP contribution in [0.25, 0.3) is 0 Å². The number of hydrogen-bond acceptors (Lipinski definition) is 3. The van der Waals surface area contributed by atoms with Gasteiger partial charge < -0.3 is 5.32 Å². The molecule has 0 radical (unpaired) electrons. The molecule has 2 aliphatic rings. The summed E-state index contributed by atoms with van der Waals surface area (Å²) in [7, 11) is -0.353. The van der Waals surface area contributed by atoms with Gasteiger partial charge in [-0.05, 0) is 25.7 Å². The molecule has 1 atom stereocenters. The van der Waals surface area contributed by atoms with Gasteiger partial charge in [0.2, 0.25) is 5.91 Å². The topological polar surface area (TPSA) is 69.7 Å². The third-order valence-electron chi connectivity index (χ3n) is 4.99. The Morgan fingerprint density at radius 3 is 2.22 bits per heavy atom. The van der Waals surface area contributed by atoms with Crippen LogP contribution in [0.3, 0.4) is 0 Å². The molecule has 1 amide bonds. The minimum absolute atomic E-state index is 0.0363. The average molecular weight is 346 g/mol. The molecule has 0 aromatic rings. The largest absolute Gasteiger partial charge is 0.353 e. The molecule has 1 saturated carbocycles. The van der Waals surface area contributed by atoms with Gasteiger partial charge in [0.1, 0.15) is 0 Å². The molecule has 23 heavy (non-hydrogen) atoms. The molecular weight excluding hydrogens is 314 g/mol. The van der Waals surface area contributed by atoms with Gasteiger partial charge in [0, 0.05) is 33.2 Å². The smallest absolute Gasteiger partial charge is 0.281 e. The van der Waals surface area contributed by atoms with Crippen molar-refractivity contribution in [2.24, 2.45) is 5.92 Å². The summed E-state index contributed by atoms with van der Waals surface area (Å²) in [6, 6.07) is 0.267. The van der Waals surface area contributed by atoms with Crippen LogP contribution in [-0.2, 0) is 15.0 Å². The van der Waals surface area contributed by atoms with Crippen molar-refractivity contribution >= 4 is 16.1 Å². The summed E-state index contributed by atoms with van der Waals surface area (Å²) in [6.07, 6.45) is 9.80. The molecule has 0 spiro atoms. The highest BCUT2D eigenvalue weighted by Crippen LogP contribution is 2.22. The van der Waals surface area contributed by atoms with E-state index in [1.165, 1.54) is 54.8 Å². The van der Waals surface area contributed by atoms with Gasteiger partial charge in [-0.25, -0.2) is 0 Å². The van der Waals surface area contributed by atoms with Gasteiger partial charge in [-0.1, -0.05) is 32.1 Å². The quantitative estimate of drug-likeness (QED) is 0.844. The molecule has 1 heterocycles. The Labute approximate surface area is 140 Å². The fourth-order valence-corrected chi connectivity index (χ4v) is 4.71. The van der Waals surface area contributed by atoms with Gasteiger partial charge in [-0.15, -0.1) is 0 Å². The Kier molecular flexibility index (Phi) is 6.85. The summed E-state index contributed by atoms with van der Waals surface area (Å²) in [5.41, 5.74) is 0. The van der Waals surface area contributed by atoms with Gasteiger partial charge in [-0.3, -0.25) is 4.79 Å². The van der Waals surface area contributed by atoms with Crippen molar-refractivity contribution in [2.75, 3.05) is 27.2 Å². The minimum Gasteiger partial charge on any atom is -0.353 e. The number of rotatable bonds is 4. The Hall–Kier alpha value is -0.660. The maximum atomic E-state index is 12.6. The zero-order valence-corrected chi connectivity index (χ0v) is 15.3. The van der Waals surface area contributed by atoms with E-state index in [4.69, 9.17) is 0 Å². The molecule has 0 aromatic carbocycles. The second-order valence-corrected chi connectivity index (χ2v) is 9.18. The van der Waals surface area contributed by atoms with Crippen LogP contribution in [0.5, 0.6) is 0 Å². The number of carbonyl (C=O) groups excluding carboxylic acids is 1. The van der Waals surface area contributed by atoms with Crippen LogP contribution in [0.2, 0.25) is 0 Å². The van der Waals surface area contributed by atoms with Gasteiger partial charge in [0.25, 0.3) is 10.2 Å². The number of hydrogen-bond donors (Lipinski definition) is 1. The average Bonchev–Trinajstić information content (AvgIpc) is 2.49.